The fraction of sp³-hybridized carbons (Fsp3) is 0.348. The summed E-state index contributed by atoms with van der Waals surface area (Å²) in [5.41, 5.74) is 4.31. The van der Waals surface area contributed by atoms with Gasteiger partial charge in [0.2, 0.25) is 5.95 Å². The first-order valence-corrected chi connectivity index (χ1v) is 10.3. The average Bonchev–Trinajstić information content (AvgIpc) is 3.23. The van der Waals surface area contributed by atoms with Crippen molar-refractivity contribution in [1.82, 2.24) is 15.0 Å². The molecule has 154 valence electrons. The molecule has 0 radical (unpaired) electrons. The Bertz CT molecular complexity index is 1050. The summed E-state index contributed by atoms with van der Waals surface area (Å²) in [6.07, 6.45) is 2.78. The molecule has 0 bridgehead atoms. The first-order valence-electron chi connectivity index (χ1n) is 10.3. The van der Waals surface area contributed by atoms with Crippen molar-refractivity contribution in [3.05, 3.63) is 53.7 Å². The predicted molar refractivity (Wildman–Crippen MR) is 117 cm³/mol. The number of aryl methyl sites for hydroxylation is 1. The lowest BCUT2D eigenvalue weighted by Gasteiger charge is -2.28. The molecule has 7 heteroatoms. The number of anilines is 3. The van der Waals surface area contributed by atoms with Gasteiger partial charge in [-0.25, -0.2) is 9.97 Å². The third-order valence-electron chi connectivity index (χ3n) is 5.62. The Labute approximate surface area is 176 Å². The molecule has 0 aliphatic carbocycles. The van der Waals surface area contributed by atoms with Gasteiger partial charge in [-0.1, -0.05) is 18.2 Å². The monoisotopic (exact) mass is 403 g/mol. The molecule has 1 aromatic carbocycles. The standard InChI is InChI=1S/C23H25N5O2/c1-16-6-7-20(24-15-16)28-9-8-19-21(17-4-3-5-18(14-17)29-2)25-23(26-22(19)28)27-10-12-30-13-11-27/h3-7,14-15H,8-13H2,1-2H3. The van der Waals surface area contributed by atoms with E-state index in [4.69, 9.17) is 19.4 Å². The largest absolute Gasteiger partial charge is 0.497 e. The molecule has 0 amide bonds. The third kappa shape index (κ3) is 3.45. The molecule has 1 saturated heterocycles. The molecule has 3 aromatic rings. The third-order valence-corrected chi connectivity index (χ3v) is 5.62. The van der Waals surface area contributed by atoms with Gasteiger partial charge >= 0.3 is 0 Å². The first-order chi connectivity index (χ1) is 14.7. The van der Waals surface area contributed by atoms with E-state index in [1.807, 2.05) is 31.3 Å². The minimum atomic E-state index is 0.693. The summed E-state index contributed by atoms with van der Waals surface area (Å²) in [4.78, 5) is 19.1. The summed E-state index contributed by atoms with van der Waals surface area (Å²) in [5.74, 6) is 3.43. The first kappa shape index (κ1) is 18.8. The van der Waals surface area contributed by atoms with E-state index < -0.39 is 0 Å². The molecule has 2 aromatic heterocycles. The molecule has 5 rings (SSSR count). The minimum Gasteiger partial charge on any atom is -0.497 e. The van der Waals surface area contributed by atoms with Crippen molar-refractivity contribution >= 4 is 17.6 Å². The lowest BCUT2D eigenvalue weighted by molar-refractivity contribution is 0.122. The molecule has 30 heavy (non-hydrogen) atoms. The maximum Gasteiger partial charge on any atom is 0.228 e. The Morgan fingerprint density at radius 1 is 1.03 bits per heavy atom. The van der Waals surface area contributed by atoms with E-state index in [0.29, 0.717) is 13.2 Å². The molecule has 2 aliphatic heterocycles. The Morgan fingerprint density at radius 3 is 2.67 bits per heavy atom. The van der Waals surface area contributed by atoms with Crippen molar-refractivity contribution in [2.45, 2.75) is 13.3 Å². The van der Waals surface area contributed by atoms with Gasteiger partial charge in [-0.15, -0.1) is 0 Å². The molecule has 0 saturated carbocycles. The Kier molecular flexibility index (Phi) is 4.96. The maximum absolute atomic E-state index is 5.53. The number of nitrogens with zero attached hydrogens (tertiary/aromatic N) is 5. The summed E-state index contributed by atoms with van der Waals surface area (Å²) in [6.45, 7) is 5.85. The lowest BCUT2D eigenvalue weighted by atomic mass is 10.1. The van der Waals surface area contributed by atoms with Gasteiger partial charge in [0.15, 0.2) is 0 Å². The predicted octanol–water partition coefficient (Wildman–Crippen LogP) is 3.39. The number of hydrogen-bond donors (Lipinski definition) is 0. The van der Waals surface area contributed by atoms with Gasteiger partial charge in [-0.3, -0.25) is 0 Å². The van der Waals surface area contributed by atoms with Gasteiger partial charge in [0.1, 0.15) is 17.4 Å². The van der Waals surface area contributed by atoms with Crippen LogP contribution in [0.25, 0.3) is 11.3 Å². The molecular weight excluding hydrogens is 378 g/mol. The number of aromatic nitrogens is 3. The Hall–Kier alpha value is -3.19. The summed E-state index contributed by atoms with van der Waals surface area (Å²) in [5, 5.41) is 0. The van der Waals surface area contributed by atoms with E-state index in [-0.39, 0.29) is 0 Å². The highest BCUT2D eigenvalue weighted by molar-refractivity contribution is 5.76. The number of morpholine rings is 1. The second-order valence-electron chi connectivity index (χ2n) is 7.60. The zero-order valence-corrected chi connectivity index (χ0v) is 17.3. The van der Waals surface area contributed by atoms with Crippen LogP contribution in [0.2, 0.25) is 0 Å². The number of ether oxygens (including phenoxy) is 2. The number of hydrogen-bond acceptors (Lipinski definition) is 7. The number of rotatable bonds is 4. The van der Waals surface area contributed by atoms with Crippen LogP contribution >= 0.6 is 0 Å². The van der Waals surface area contributed by atoms with Crippen molar-refractivity contribution in [2.24, 2.45) is 0 Å². The van der Waals surface area contributed by atoms with E-state index >= 15 is 0 Å². The highest BCUT2D eigenvalue weighted by Gasteiger charge is 2.29. The summed E-state index contributed by atoms with van der Waals surface area (Å²) < 4.78 is 11.0. The van der Waals surface area contributed by atoms with E-state index in [2.05, 4.69) is 33.0 Å². The normalized spacial score (nSPS) is 15.9. The van der Waals surface area contributed by atoms with E-state index in [1.165, 1.54) is 0 Å². The Balaban J connectivity index is 1.64. The van der Waals surface area contributed by atoms with Crippen LogP contribution in [0, 0.1) is 6.92 Å². The van der Waals surface area contributed by atoms with Gasteiger partial charge in [0, 0.05) is 37.0 Å². The van der Waals surface area contributed by atoms with Crippen LogP contribution in [0.3, 0.4) is 0 Å². The van der Waals surface area contributed by atoms with Crippen molar-refractivity contribution in [1.29, 1.82) is 0 Å². The second kappa shape index (κ2) is 7.91. The molecular formula is C23H25N5O2. The van der Waals surface area contributed by atoms with E-state index in [9.17, 15) is 0 Å². The van der Waals surface area contributed by atoms with E-state index in [1.54, 1.807) is 7.11 Å². The van der Waals surface area contributed by atoms with Gasteiger partial charge in [0.05, 0.1) is 26.0 Å². The molecule has 4 heterocycles. The van der Waals surface area contributed by atoms with Crippen LogP contribution < -0.4 is 14.5 Å². The zero-order valence-electron chi connectivity index (χ0n) is 17.3. The number of benzene rings is 1. The summed E-state index contributed by atoms with van der Waals surface area (Å²) in [6, 6.07) is 12.2. The fourth-order valence-corrected chi connectivity index (χ4v) is 4.00. The average molecular weight is 403 g/mol. The van der Waals surface area contributed by atoms with Crippen LogP contribution in [-0.2, 0) is 11.2 Å². The summed E-state index contributed by atoms with van der Waals surface area (Å²) in [7, 11) is 1.69. The highest BCUT2D eigenvalue weighted by atomic mass is 16.5. The molecule has 2 aliphatic rings. The number of methoxy groups -OCH3 is 1. The van der Waals surface area contributed by atoms with Gasteiger partial charge in [0.25, 0.3) is 0 Å². The van der Waals surface area contributed by atoms with Gasteiger partial charge < -0.3 is 19.3 Å². The van der Waals surface area contributed by atoms with E-state index in [0.717, 1.165) is 71.8 Å². The zero-order chi connectivity index (χ0) is 20.5. The lowest BCUT2D eigenvalue weighted by Crippen LogP contribution is -2.37. The van der Waals surface area contributed by atoms with Crippen molar-refractivity contribution in [2.75, 3.05) is 49.8 Å². The topological polar surface area (TPSA) is 63.6 Å². The van der Waals surface area contributed by atoms with Crippen LogP contribution in [0.1, 0.15) is 11.1 Å². The second-order valence-corrected chi connectivity index (χ2v) is 7.60. The van der Waals surface area contributed by atoms with Crippen LogP contribution in [-0.4, -0.2) is 54.9 Å². The van der Waals surface area contributed by atoms with Crippen molar-refractivity contribution in [3.8, 4) is 17.0 Å². The smallest absolute Gasteiger partial charge is 0.228 e. The highest BCUT2D eigenvalue weighted by Crippen LogP contribution is 2.39. The summed E-state index contributed by atoms with van der Waals surface area (Å²) >= 11 is 0. The Morgan fingerprint density at radius 2 is 1.90 bits per heavy atom. The molecule has 0 spiro atoms. The molecule has 0 N–H and O–H groups in total. The maximum atomic E-state index is 5.53. The fourth-order valence-electron chi connectivity index (χ4n) is 4.00. The quantitative estimate of drug-likeness (QED) is 0.662. The van der Waals surface area contributed by atoms with Gasteiger partial charge in [-0.2, -0.15) is 4.98 Å². The van der Waals surface area contributed by atoms with Crippen LogP contribution in [0.15, 0.2) is 42.6 Å². The molecule has 1 fully saturated rings. The molecule has 7 nitrogen and oxygen atoms in total. The molecule has 0 atom stereocenters. The van der Waals surface area contributed by atoms with Crippen LogP contribution in [0.5, 0.6) is 5.75 Å². The molecule has 0 unspecified atom stereocenters. The minimum absolute atomic E-state index is 0.693. The number of pyridine rings is 1. The van der Waals surface area contributed by atoms with Crippen molar-refractivity contribution < 1.29 is 9.47 Å². The van der Waals surface area contributed by atoms with Crippen molar-refractivity contribution in [3.63, 3.8) is 0 Å². The number of fused-ring (bicyclic) bond motifs is 1. The van der Waals surface area contributed by atoms with Gasteiger partial charge in [-0.05, 0) is 37.1 Å². The van der Waals surface area contributed by atoms with Crippen LogP contribution in [0.4, 0.5) is 17.6 Å². The SMILES string of the molecule is COc1cccc(-c2nc(N3CCOCC3)nc3c2CCN3c2ccc(C)cn2)c1.